The van der Waals surface area contributed by atoms with Crippen LogP contribution in [0.1, 0.15) is 65.7 Å². The van der Waals surface area contributed by atoms with Gasteiger partial charge in [0.15, 0.2) is 0 Å². The molecule has 0 aromatic carbocycles. The molecule has 0 aromatic heterocycles. The molecule has 5 aliphatic rings. The van der Waals surface area contributed by atoms with E-state index >= 15 is 0 Å². The number of hydrogen-bond acceptors (Lipinski definition) is 5. The van der Waals surface area contributed by atoms with Gasteiger partial charge in [0.2, 0.25) is 0 Å². The molecule has 9 atom stereocenters. The highest BCUT2D eigenvalue weighted by atomic mass is 16.6. The summed E-state index contributed by atoms with van der Waals surface area (Å²) < 4.78 is 11.6. The molecule has 2 unspecified atom stereocenters. The molecule has 28 heavy (non-hydrogen) atoms. The van der Waals surface area contributed by atoms with Gasteiger partial charge in [0.05, 0.1) is 18.8 Å². The van der Waals surface area contributed by atoms with Crippen molar-refractivity contribution < 1.29 is 24.5 Å². The molecule has 5 rings (SSSR count). The first-order chi connectivity index (χ1) is 13.3. The van der Waals surface area contributed by atoms with Gasteiger partial charge in [-0.3, -0.25) is 4.79 Å². The number of aliphatic hydroxyl groups is 2. The predicted octanol–water partition coefficient (Wildman–Crippen LogP) is 2.98. The summed E-state index contributed by atoms with van der Waals surface area (Å²) >= 11 is 0. The Labute approximate surface area is 167 Å². The molecule has 1 saturated heterocycles. The third-order valence-electron chi connectivity index (χ3n) is 9.51. The summed E-state index contributed by atoms with van der Waals surface area (Å²) in [7, 11) is 0. The van der Waals surface area contributed by atoms with Crippen molar-refractivity contribution in [2.24, 2.45) is 28.6 Å². The minimum absolute atomic E-state index is 0.0273. The van der Waals surface area contributed by atoms with E-state index in [9.17, 15) is 15.0 Å². The Hall–Kier alpha value is -0.910. The molecule has 5 nitrogen and oxygen atoms in total. The predicted molar refractivity (Wildman–Crippen MR) is 103 cm³/mol. The zero-order valence-corrected chi connectivity index (χ0v) is 17.3. The average molecular weight is 391 g/mol. The number of ether oxygens (including phenoxy) is 2. The number of hydrogen-bond donors (Lipinski definition) is 2. The minimum Gasteiger partial charge on any atom is -0.462 e. The van der Waals surface area contributed by atoms with E-state index in [1.54, 1.807) is 0 Å². The third kappa shape index (κ3) is 2.21. The number of fused-ring (bicyclic) bond motifs is 7. The Balaban J connectivity index is 1.44. The van der Waals surface area contributed by atoms with Crippen molar-refractivity contribution in [2.75, 3.05) is 6.61 Å². The summed E-state index contributed by atoms with van der Waals surface area (Å²) in [6.07, 6.45) is 8.94. The van der Waals surface area contributed by atoms with Crippen molar-refractivity contribution in [3.8, 4) is 0 Å². The zero-order valence-electron chi connectivity index (χ0n) is 17.3. The molecule has 0 aromatic rings. The Morgan fingerprint density at radius 3 is 2.82 bits per heavy atom. The van der Waals surface area contributed by atoms with E-state index in [-0.39, 0.29) is 35.6 Å². The van der Waals surface area contributed by atoms with Crippen LogP contribution >= 0.6 is 0 Å². The molecular formula is C23H34O5. The van der Waals surface area contributed by atoms with Crippen LogP contribution in [0.25, 0.3) is 0 Å². The molecule has 3 saturated carbocycles. The van der Waals surface area contributed by atoms with Crippen LogP contribution < -0.4 is 0 Å². The third-order valence-corrected chi connectivity index (χ3v) is 9.51. The van der Waals surface area contributed by atoms with E-state index in [4.69, 9.17) is 9.47 Å². The average Bonchev–Trinajstić information content (AvgIpc) is 3.31. The first-order valence-corrected chi connectivity index (χ1v) is 11.1. The maximum atomic E-state index is 11.4. The van der Waals surface area contributed by atoms with Crippen LogP contribution in [0, 0.1) is 28.6 Å². The van der Waals surface area contributed by atoms with Gasteiger partial charge >= 0.3 is 5.97 Å². The number of allylic oxidation sites excluding steroid dienone is 1. The highest BCUT2D eigenvalue weighted by Gasteiger charge is 2.80. The van der Waals surface area contributed by atoms with Gasteiger partial charge < -0.3 is 19.7 Å². The van der Waals surface area contributed by atoms with Gasteiger partial charge in [-0.1, -0.05) is 18.6 Å². The SMILES string of the molecule is CC(=O)O[C@H]1CC[C@@]2(C)C(=CC[C@H]3C4C[C@H]5O[C@@]5(C(C)O)[C@@]4(CO)CC[C@@H]32)C1. The van der Waals surface area contributed by atoms with Crippen molar-refractivity contribution in [1.82, 2.24) is 0 Å². The molecule has 4 aliphatic carbocycles. The summed E-state index contributed by atoms with van der Waals surface area (Å²) in [5.41, 5.74) is 0.846. The van der Waals surface area contributed by atoms with E-state index in [1.165, 1.54) is 12.5 Å². The molecule has 2 N–H and O–H groups in total. The monoisotopic (exact) mass is 390 g/mol. The number of aliphatic hydroxyl groups excluding tert-OH is 2. The molecule has 1 aliphatic heterocycles. The maximum Gasteiger partial charge on any atom is 0.302 e. The van der Waals surface area contributed by atoms with Crippen LogP contribution in [-0.2, 0) is 14.3 Å². The number of epoxide rings is 1. The minimum atomic E-state index is -0.532. The van der Waals surface area contributed by atoms with E-state index in [0.717, 1.165) is 44.9 Å². The van der Waals surface area contributed by atoms with Gasteiger partial charge in [-0.05, 0) is 68.6 Å². The van der Waals surface area contributed by atoms with Gasteiger partial charge in [0.25, 0.3) is 0 Å². The molecular weight excluding hydrogens is 356 g/mol. The molecule has 0 radical (unpaired) electrons. The quantitative estimate of drug-likeness (QED) is 0.440. The fraction of sp³-hybridized carbons (Fsp3) is 0.870. The number of carbonyl (C=O) groups is 1. The fourth-order valence-corrected chi connectivity index (χ4v) is 8.26. The first-order valence-electron chi connectivity index (χ1n) is 11.1. The van der Waals surface area contributed by atoms with Gasteiger partial charge in [-0.25, -0.2) is 0 Å². The smallest absolute Gasteiger partial charge is 0.302 e. The van der Waals surface area contributed by atoms with Crippen molar-refractivity contribution in [2.45, 2.75) is 89.6 Å². The van der Waals surface area contributed by atoms with Crippen LogP contribution in [-0.4, -0.2) is 46.7 Å². The van der Waals surface area contributed by atoms with E-state index in [0.29, 0.717) is 17.8 Å². The van der Waals surface area contributed by atoms with Crippen molar-refractivity contribution in [1.29, 1.82) is 0 Å². The molecule has 0 spiro atoms. The summed E-state index contributed by atoms with van der Waals surface area (Å²) in [5, 5.41) is 21.0. The van der Waals surface area contributed by atoms with Crippen LogP contribution in [0.2, 0.25) is 0 Å². The highest BCUT2D eigenvalue weighted by Crippen LogP contribution is 2.73. The van der Waals surface area contributed by atoms with Gasteiger partial charge in [-0.15, -0.1) is 0 Å². The lowest BCUT2D eigenvalue weighted by atomic mass is 9.46. The van der Waals surface area contributed by atoms with Gasteiger partial charge in [0.1, 0.15) is 11.7 Å². The van der Waals surface area contributed by atoms with Crippen molar-refractivity contribution in [3.63, 3.8) is 0 Å². The fourth-order valence-electron chi connectivity index (χ4n) is 8.26. The van der Waals surface area contributed by atoms with Crippen LogP contribution in [0.3, 0.4) is 0 Å². The lowest BCUT2D eigenvalue weighted by Gasteiger charge is -2.59. The second-order valence-electron chi connectivity index (χ2n) is 10.4. The van der Waals surface area contributed by atoms with Crippen LogP contribution in [0.4, 0.5) is 0 Å². The number of rotatable bonds is 3. The highest BCUT2D eigenvalue weighted by molar-refractivity contribution is 5.66. The summed E-state index contributed by atoms with van der Waals surface area (Å²) in [6, 6.07) is 0. The molecule has 0 amide bonds. The van der Waals surface area contributed by atoms with E-state index < -0.39 is 11.7 Å². The molecule has 4 fully saturated rings. The van der Waals surface area contributed by atoms with Crippen molar-refractivity contribution >= 4 is 5.97 Å². The van der Waals surface area contributed by atoms with E-state index in [1.807, 2.05) is 6.92 Å². The second kappa shape index (κ2) is 6.05. The molecule has 1 heterocycles. The van der Waals surface area contributed by atoms with Crippen LogP contribution in [0.15, 0.2) is 11.6 Å². The Morgan fingerprint density at radius 2 is 2.14 bits per heavy atom. The zero-order chi connectivity index (χ0) is 19.9. The Bertz CT molecular complexity index is 716. The lowest BCUT2D eigenvalue weighted by Crippen LogP contribution is -2.57. The van der Waals surface area contributed by atoms with Crippen molar-refractivity contribution in [3.05, 3.63) is 11.6 Å². The summed E-state index contributed by atoms with van der Waals surface area (Å²) in [5.74, 6) is 1.40. The largest absolute Gasteiger partial charge is 0.462 e. The lowest BCUT2D eigenvalue weighted by molar-refractivity contribution is -0.151. The van der Waals surface area contributed by atoms with Gasteiger partial charge in [0, 0.05) is 18.8 Å². The van der Waals surface area contributed by atoms with Gasteiger partial charge in [-0.2, -0.15) is 0 Å². The van der Waals surface area contributed by atoms with E-state index in [2.05, 4.69) is 13.0 Å². The van der Waals surface area contributed by atoms with Crippen LogP contribution in [0.5, 0.6) is 0 Å². The summed E-state index contributed by atoms with van der Waals surface area (Å²) in [6.45, 7) is 5.87. The molecule has 0 bridgehead atoms. The number of carbonyl (C=O) groups excluding carboxylic acids is 1. The Kier molecular flexibility index (Phi) is 4.12. The topological polar surface area (TPSA) is 79.3 Å². The standard InChI is InChI=1S/C23H34O5/c1-13(25)23-20(28-23)11-19-17-5-4-15-10-16(27-14(2)26)6-8-21(15,3)18(17)7-9-22(19,23)12-24/h4,13,16-20,24-25H,5-12H2,1-3H3/t13?,16-,17+,18-,19?,20+,21-,22+,23+/m0/s1. The molecule has 5 heteroatoms. The Morgan fingerprint density at radius 1 is 1.36 bits per heavy atom. The second-order valence-corrected chi connectivity index (χ2v) is 10.4. The molecule has 156 valence electrons. The number of esters is 1. The summed E-state index contributed by atoms with van der Waals surface area (Å²) in [4.78, 5) is 11.4. The maximum absolute atomic E-state index is 11.4. The first kappa shape index (κ1) is 19.1. The normalized spacial score (nSPS) is 52.5.